The molecule has 2 rings (SSSR count). The molecule has 1 fully saturated rings. The molecular weight excluding hydrogens is 278 g/mol. The topological polar surface area (TPSA) is 67.6 Å². The van der Waals surface area contributed by atoms with Crippen LogP contribution in [-0.2, 0) is 9.53 Å². The fourth-order valence-corrected chi connectivity index (χ4v) is 2.46. The van der Waals surface area contributed by atoms with Gasteiger partial charge in [-0.25, -0.2) is 0 Å². The van der Waals surface area contributed by atoms with Crippen molar-refractivity contribution in [3.63, 3.8) is 0 Å². The van der Waals surface area contributed by atoms with E-state index in [0.717, 1.165) is 13.0 Å². The van der Waals surface area contributed by atoms with Crippen LogP contribution in [0.1, 0.15) is 13.3 Å². The number of carbonyl (C=O) groups is 1. The molecule has 0 bridgehead atoms. The molecule has 0 aliphatic carbocycles. The number of amides is 1. The maximum atomic E-state index is 12.1. The number of hydrogen-bond acceptors (Lipinski definition) is 4. The highest BCUT2D eigenvalue weighted by Crippen LogP contribution is 2.23. The smallest absolute Gasteiger partial charge is 0.238 e. The van der Waals surface area contributed by atoms with Gasteiger partial charge in [-0.3, -0.25) is 9.69 Å². The van der Waals surface area contributed by atoms with Gasteiger partial charge in [-0.05, 0) is 24.6 Å². The molecule has 1 heterocycles. The lowest BCUT2D eigenvalue weighted by molar-refractivity contribution is -0.119. The van der Waals surface area contributed by atoms with Crippen molar-refractivity contribution in [1.82, 2.24) is 4.90 Å². The van der Waals surface area contributed by atoms with Crippen molar-refractivity contribution in [1.29, 1.82) is 0 Å². The van der Waals surface area contributed by atoms with Crippen molar-refractivity contribution in [3.05, 3.63) is 23.2 Å². The quantitative estimate of drug-likeness (QED) is 0.834. The van der Waals surface area contributed by atoms with Crippen molar-refractivity contribution in [2.45, 2.75) is 19.4 Å². The van der Waals surface area contributed by atoms with Crippen LogP contribution in [0.15, 0.2) is 18.2 Å². The highest BCUT2D eigenvalue weighted by molar-refractivity contribution is 6.31. The number of anilines is 2. The number of benzene rings is 1. The normalized spacial score (nSPS) is 19.8. The van der Waals surface area contributed by atoms with Gasteiger partial charge < -0.3 is 15.8 Å². The first-order valence-electron chi connectivity index (χ1n) is 6.76. The zero-order valence-electron chi connectivity index (χ0n) is 11.6. The summed E-state index contributed by atoms with van der Waals surface area (Å²) in [5.74, 6) is -0.0840. The minimum Gasteiger partial charge on any atom is -0.397 e. The molecule has 6 heteroatoms. The lowest BCUT2D eigenvalue weighted by Crippen LogP contribution is -2.48. The number of hydrogen-bond donors (Lipinski definition) is 2. The van der Waals surface area contributed by atoms with E-state index in [4.69, 9.17) is 22.1 Å². The van der Waals surface area contributed by atoms with Crippen molar-refractivity contribution < 1.29 is 9.53 Å². The monoisotopic (exact) mass is 297 g/mol. The molecule has 110 valence electrons. The van der Waals surface area contributed by atoms with E-state index in [0.29, 0.717) is 42.2 Å². The Balaban J connectivity index is 1.96. The van der Waals surface area contributed by atoms with E-state index in [2.05, 4.69) is 17.1 Å². The minimum atomic E-state index is -0.0840. The Morgan fingerprint density at radius 1 is 1.60 bits per heavy atom. The standard InChI is InChI=1S/C14H20ClN3O2/c1-2-11-9-20-6-5-18(11)8-14(19)17-13-7-10(15)3-4-12(13)16/h3-4,7,11H,2,5-6,8-9,16H2,1H3,(H,17,19). The first-order chi connectivity index (χ1) is 9.60. The van der Waals surface area contributed by atoms with Crippen LogP contribution in [-0.4, -0.2) is 43.2 Å². The third-order valence-corrected chi connectivity index (χ3v) is 3.69. The fourth-order valence-electron chi connectivity index (χ4n) is 2.28. The lowest BCUT2D eigenvalue weighted by Gasteiger charge is -2.34. The number of carbonyl (C=O) groups excluding carboxylic acids is 1. The third-order valence-electron chi connectivity index (χ3n) is 3.46. The van der Waals surface area contributed by atoms with Gasteiger partial charge in [0.2, 0.25) is 5.91 Å². The van der Waals surface area contributed by atoms with Gasteiger partial charge in [0.25, 0.3) is 0 Å². The van der Waals surface area contributed by atoms with E-state index in [-0.39, 0.29) is 5.91 Å². The second-order valence-electron chi connectivity index (χ2n) is 4.89. The Labute approximate surface area is 124 Å². The van der Waals surface area contributed by atoms with E-state index < -0.39 is 0 Å². The zero-order chi connectivity index (χ0) is 14.5. The minimum absolute atomic E-state index is 0.0840. The summed E-state index contributed by atoms with van der Waals surface area (Å²) in [5, 5.41) is 3.36. The average molecular weight is 298 g/mol. The number of nitrogens with zero attached hydrogens (tertiary/aromatic N) is 1. The van der Waals surface area contributed by atoms with Crippen molar-refractivity contribution in [3.8, 4) is 0 Å². The molecule has 1 unspecified atom stereocenters. The number of morpholine rings is 1. The molecule has 1 aliphatic heterocycles. The van der Waals surface area contributed by atoms with Crippen LogP contribution >= 0.6 is 11.6 Å². The summed E-state index contributed by atoms with van der Waals surface area (Å²) in [7, 11) is 0. The average Bonchev–Trinajstić information content (AvgIpc) is 2.43. The zero-order valence-corrected chi connectivity index (χ0v) is 12.3. The van der Waals surface area contributed by atoms with Gasteiger partial charge in [0.05, 0.1) is 31.1 Å². The van der Waals surface area contributed by atoms with Crippen LogP contribution < -0.4 is 11.1 Å². The summed E-state index contributed by atoms with van der Waals surface area (Å²) in [6.07, 6.45) is 0.965. The molecule has 0 radical (unpaired) electrons. The predicted octanol–water partition coefficient (Wildman–Crippen LogP) is 1.97. The molecule has 1 aromatic carbocycles. The molecule has 1 atom stereocenters. The van der Waals surface area contributed by atoms with Crippen molar-refractivity contribution in [2.24, 2.45) is 0 Å². The summed E-state index contributed by atoms with van der Waals surface area (Å²) >= 11 is 5.90. The molecular formula is C14H20ClN3O2. The number of nitrogens with two attached hydrogens (primary N) is 1. The molecule has 0 aromatic heterocycles. The fraction of sp³-hybridized carbons (Fsp3) is 0.500. The van der Waals surface area contributed by atoms with Crippen molar-refractivity contribution >= 4 is 28.9 Å². The summed E-state index contributed by atoms with van der Waals surface area (Å²) in [6.45, 7) is 4.57. The van der Waals surface area contributed by atoms with Crippen LogP contribution in [0.5, 0.6) is 0 Å². The van der Waals surface area contributed by atoms with Crippen LogP contribution in [0.2, 0.25) is 5.02 Å². The van der Waals surface area contributed by atoms with Gasteiger partial charge >= 0.3 is 0 Å². The molecule has 1 amide bonds. The molecule has 20 heavy (non-hydrogen) atoms. The van der Waals surface area contributed by atoms with Crippen molar-refractivity contribution in [2.75, 3.05) is 37.4 Å². The van der Waals surface area contributed by atoms with E-state index in [1.54, 1.807) is 18.2 Å². The number of nitrogen functional groups attached to an aromatic ring is 1. The number of halogens is 1. The van der Waals surface area contributed by atoms with E-state index in [1.165, 1.54) is 0 Å². The summed E-state index contributed by atoms with van der Waals surface area (Å²) in [4.78, 5) is 14.3. The predicted molar refractivity (Wildman–Crippen MR) is 81.0 cm³/mol. The SMILES string of the molecule is CCC1COCCN1CC(=O)Nc1cc(Cl)ccc1N. The molecule has 1 aromatic rings. The first-order valence-corrected chi connectivity index (χ1v) is 7.14. The molecule has 0 spiro atoms. The van der Waals surface area contributed by atoms with Gasteiger partial charge in [0.15, 0.2) is 0 Å². The lowest BCUT2D eigenvalue weighted by atomic mass is 10.2. The first kappa shape index (κ1) is 15.1. The Kier molecular flexibility index (Phi) is 5.23. The van der Waals surface area contributed by atoms with Gasteiger partial charge in [-0.2, -0.15) is 0 Å². The van der Waals surface area contributed by atoms with Gasteiger partial charge in [-0.1, -0.05) is 18.5 Å². The second-order valence-corrected chi connectivity index (χ2v) is 5.32. The maximum Gasteiger partial charge on any atom is 0.238 e. The van der Waals surface area contributed by atoms with E-state index in [9.17, 15) is 4.79 Å². The van der Waals surface area contributed by atoms with Crippen LogP contribution in [0.3, 0.4) is 0 Å². The molecule has 0 saturated carbocycles. The van der Waals surface area contributed by atoms with Crippen LogP contribution in [0, 0.1) is 0 Å². The second kappa shape index (κ2) is 6.92. The summed E-state index contributed by atoms with van der Waals surface area (Å²) < 4.78 is 5.43. The van der Waals surface area contributed by atoms with Gasteiger partial charge in [0.1, 0.15) is 0 Å². The molecule has 1 saturated heterocycles. The Morgan fingerprint density at radius 2 is 2.40 bits per heavy atom. The Bertz CT molecular complexity index is 481. The summed E-state index contributed by atoms with van der Waals surface area (Å²) in [6, 6.07) is 5.33. The number of nitrogens with one attached hydrogen (secondary N) is 1. The van der Waals surface area contributed by atoms with Crippen LogP contribution in [0.4, 0.5) is 11.4 Å². The number of rotatable bonds is 4. The molecule has 3 N–H and O–H groups in total. The highest BCUT2D eigenvalue weighted by Gasteiger charge is 2.23. The largest absolute Gasteiger partial charge is 0.397 e. The van der Waals surface area contributed by atoms with E-state index in [1.807, 2.05) is 0 Å². The summed E-state index contributed by atoms with van der Waals surface area (Å²) in [5.41, 5.74) is 6.89. The Hall–Kier alpha value is -1.30. The molecule has 1 aliphatic rings. The number of ether oxygens (including phenoxy) is 1. The van der Waals surface area contributed by atoms with E-state index >= 15 is 0 Å². The molecule has 5 nitrogen and oxygen atoms in total. The van der Waals surface area contributed by atoms with Gasteiger partial charge in [0, 0.05) is 17.6 Å². The third kappa shape index (κ3) is 3.85. The Morgan fingerprint density at radius 3 is 3.15 bits per heavy atom. The van der Waals surface area contributed by atoms with Gasteiger partial charge in [-0.15, -0.1) is 0 Å². The highest BCUT2D eigenvalue weighted by atomic mass is 35.5. The maximum absolute atomic E-state index is 12.1. The van der Waals surface area contributed by atoms with Crippen LogP contribution in [0.25, 0.3) is 0 Å².